The van der Waals surface area contributed by atoms with E-state index in [-0.39, 0.29) is 0 Å². The Hall–Kier alpha value is 0.350. The molecule has 0 bridgehead atoms. The van der Waals surface area contributed by atoms with E-state index in [0.29, 0.717) is 5.25 Å². The lowest BCUT2D eigenvalue weighted by Crippen LogP contribution is -1.83. The first-order valence-corrected chi connectivity index (χ1v) is 2.91. The number of rotatable bonds is 0. The molecule has 0 aromatic rings. The van der Waals surface area contributed by atoms with E-state index in [9.17, 15) is 0 Å². The van der Waals surface area contributed by atoms with Gasteiger partial charge in [-0.3, -0.25) is 0 Å². The summed E-state index contributed by atoms with van der Waals surface area (Å²) < 4.78 is 0. The largest absolute Gasteiger partial charge is 0.176 e. The molecule has 0 aromatic heterocycles. The SMILES string of the molecule is SC1C[CH]CC1. The van der Waals surface area contributed by atoms with Gasteiger partial charge >= 0.3 is 0 Å². The van der Waals surface area contributed by atoms with E-state index >= 15 is 0 Å². The minimum atomic E-state index is 0.685. The van der Waals surface area contributed by atoms with E-state index in [0.717, 1.165) is 0 Å². The van der Waals surface area contributed by atoms with Crippen molar-refractivity contribution in [3.05, 3.63) is 6.42 Å². The lowest BCUT2D eigenvalue weighted by Gasteiger charge is -1.90. The Morgan fingerprint density at radius 1 is 1.67 bits per heavy atom. The van der Waals surface area contributed by atoms with Crippen molar-refractivity contribution in [2.45, 2.75) is 24.5 Å². The predicted molar refractivity (Wildman–Crippen MR) is 30.9 cm³/mol. The molecule has 0 saturated heterocycles. The van der Waals surface area contributed by atoms with Crippen molar-refractivity contribution in [3.63, 3.8) is 0 Å². The van der Waals surface area contributed by atoms with Crippen LogP contribution in [0, 0.1) is 6.42 Å². The van der Waals surface area contributed by atoms with Gasteiger partial charge in [-0.05, 0) is 25.7 Å². The summed E-state index contributed by atoms with van der Waals surface area (Å²) in [5.41, 5.74) is 0. The molecule has 0 amide bonds. The summed E-state index contributed by atoms with van der Waals surface area (Å²) in [4.78, 5) is 0. The molecule has 1 aliphatic rings. The van der Waals surface area contributed by atoms with Gasteiger partial charge in [0.1, 0.15) is 0 Å². The van der Waals surface area contributed by atoms with Crippen molar-refractivity contribution < 1.29 is 0 Å². The zero-order valence-electron chi connectivity index (χ0n) is 3.72. The van der Waals surface area contributed by atoms with Crippen molar-refractivity contribution in [1.29, 1.82) is 0 Å². The third-order valence-electron chi connectivity index (χ3n) is 1.14. The summed E-state index contributed by atoms with van der Waals surface area (Å²) >= 11 is 4.26. The van der Waals surface area contributed by atoms with Crippen LogP contribution in [0.25, 0.3) is 0 Å². The summed E-state index contributed by atoms with van der Waals surface area (Å²) in [7, 11) is 0. The molecule has 35 valence electrons. The first kappa shape index (κ1) is 4.51. The summed E-state index contributed by atoms with van der Waals surface area (Å²) in [6.45, 7) is 0. The van der Waals surface area contributed by atoms with Gasteiger partial charge in [-0.25, -0.2) is 0 Å². The summed E-state index contributed by atoms with van der Waals surface area (Å²) in [6, 6.07) is 0. The monoisotopic (exact) mass is 101 g/mol. The van der Waals surface area contributed by atoms with Gasteiger partial charge in [-0.2, -0.15) is 12.6 Å². The molecule has 1 unspecified atom stereocenters. The highest BCUT2D eigenvalue weighted by Crippen LogP contribution is 2.20. The van der Waals surface area contributed by atoms with Crippen LogP contribution >= 0.6 is 12.6 Å². The van der Waals surface area contributed by atoms with Crippen LogP contribution in [0.15, 0.2) is 0 Å². The fourth-order valence-electron chi connectivity index (χ4n) is 0.738. The van der Waals surface area contributed by atoms with Gasteiger partial charge in [0.05, 0.1) is 0 Å². The van der Waals surface area contributed by atoms with Gasteiger partial charge in [-0.1, -0.05) is 0 Å². The summed E-state index contributed by atoms with van der Waals surface area (Å²) in [6.07, 6.45) is 6.11. The molecule has 0 nitrogen and oxygen atoms in total. The molecule has 0 spiro atoms. The first-order valence-electron chi connectivity index (χ1n) is 2.39. The molecule has 1 saturated carbocycles. The lowest BCUT2D eigenvalue weighted by molar-refractivity contribution is 0.913. The molecule has 1 rings (SSSR count). The Morgan fingerprint density at radius 2 is 2.50 bits per heavy atom. The molecule has 1 atom stereocenters. The van der Waals surface area contributed by atoms with E-state index in [1.54, 1.807) is 0 Å². The minimum Gasteiger partial charge on any atom is -0.176 e. The van der Waals surface area contributed by atoms with Crippen LogP contribution in [0.1, 0.15) is 19.3 Å². The molecule has 1 heteroatoms. The van der Waals surface area contributed by atoms with Crippen LogP contribution in [0.2, 0.25) is 0 Å². The molecule has 0 aromatic carbocycles. The highest BCUT2D eigenvalue weighted by atomic mass is 32.1. The van der Waals surface area contributed by atoms with Gasteiger partial charge in [0, 0.05) is 5.25 Å². The van der Waals surface area contributed by atoms with E-state index in [1.165, 1.54) is 19.3 Å². The van der Waals surface area contributed by atoms with Crippen LogP contribution < -0.4 is 0 Å². The Kier molecular flexibility index (Phi) is 1.41. The summed E-state index contributed by atoms with van der Waals surface area (Å²) in [5.74, 6) is 0. The lowest BCUT2D eigenvalue weighted by atomic mass is 10.4. The van der Waals surface area contributed by atoms with Gasteiger partial charge in [0.2, 0.25) is 0 Å². The maximum Gasteiger partial charge on any atom is 0.00196 e. The predicted octanol–water partition coefficient (Wildman–Crippen LogP) is 1.67. The van der Waals surface area contributed by atoms with Crippen LogP contribution in [0.3, 0.4) is 0 Å². The average molecular weight is 101 g/mol. The Labute approximate surface area is 44.3 Å². The maximum atomic E-state index is 4.26. The van der Waals surface area contributed by atoms with Crippen LogP contribution in [0.5, 0.6) is 0 Å². The van der Waals surface area contributed by atoms with E-state index < -0.39 is 0 Å². The molecular formula is C5H9S. The molecule has 1 radical (unpaired) electrons. The van der Waals surface area contributed by atoms with E-state index in [4.69, 9.17) is 0 Å². The number of thiol groups is 1. The highest BCUT2D eigenvalue weighted by molar-refractivity contribution is 7.81. The van der Waals surface area contributed by atoms with Crippen molar-refractivity contribution in [2.75, 3.05) is 0 Å². The second kappa shape index (κ2) is 1.87. The molecule has 1 aliphatic carbocycles. The van der Waals surface area contributed by atoms with E-state index in [2.05, 4.69) is 19.0 Å². The maximum absolute atomic E-state index is 4.26. The third-order valence-corrected chi connectivity index (χ3v) is 1.61. The van der Waals surface area contributed by atoms with Crippen LogP contribution in [-0.2, 0) is 0 Å². The summed E-state index contributed by atoms with van der Waals surface area (Å²) in [5, 5.41) is 0.685. The highest BCUT2D eigenvalue weighted by Gasteiger charge is 2.08. The Morgan fingerprint density at radius 3 is 2.67 bits per heavy atom. The fourth-order valence-corrected chi connectivity index (χ4v) is 1.04. The molecular weight excluding hydrogens is 92.1 g/mol. The third kappa shape index (κ3) is 0.904. The Balaban J connectivity index is 2.18. The Bertz CT molecular complexity index is 37.2. The van der Waals surface area contributed by atoms with E-state index in [1.807, 2.05) is 0 Å². The minimum absolute atomic E-state index is 0.685. The standard InChI is InChI=1S/C5H9S/c6-5-3-1-2-4-5/h1,5-6H,2-4H2. The first-order chi connectivity index (χ1) is 2.89. The van der Waals surface area contributed by atoms with Crippen molar-refractivity contribution in [2.24, 2.45) is 0 Å². The molecule has 0 aliphatic heterocycles. The van der Waals surface area contributed by atoms with Gasteiger partial charge in [-0.15, -0.1) is 0 Å². The second-order valence-electron chi connectivity index (χ2n) is 1.76. The van der Waals surface area contributed by atoms with Gasteiger partial charge in [0.15, 0.2) is 0 Å². The zero-order chi connectivity index (χ0) is 4.41. The van der Waals surface area contributed by atoms with Crippen molar-refractivity contribution in [3.8, 4) is 0 Å². The van der Waals surface area contributed by atoms with Crippen molar-refractivity contribution in [1.82, 2.24) is 0 Å². The molecule has 0 heterocycles. The van der Waals surface area contributed by atoms with Gasteiger partial charge < -0.3 is 0 Å². The zero-order valence-corrected chi connectivity index (χ0v) is 4.62. The van der Waals surface area contributed by atoms with Crippen LogP contribution in [0.4, 0.5) is 0 Å². The molecule has 6 heavy (non-hydrogen) atoms. The van der Waals surface area contributed by atoms with Crippen LogP contribution in [-0.4, -0.2) is 5.25 Å². The topological polar surface area (TPSA) is 0 Å². The smallest absolute Gasteiger partial charge is 0.00196 e. The quantitative estimate of drug-likeness (QED) is 0.441. The molecule has 1 fully saturated rings. The van der Waals surface area contributed by atoms with Crippen molar-refractivity contribution >= 4 is 12.6 Å². The second-order valence-corrected chi connectivity index (χ2v) is 2.49. The molecule has 0 N–H and O–H groups in total. The number of hydrogen-bond donors (Lipinski definition) is 1. The normalized spacial score (nSPS) is 25.5. The average Bonchev–Trinajstić information content (AvgIpc) is 1.86. The number of hydrogen-bond acceptors (Lipinski definition) is 1. The fraction of sp³-hybridized carbons (Fsp3) is 0.800. The van der Waals surface area contributed by atoms with Gasteiger partial charge in [0.25, 0.3) is 0 Å².